The number of carbonyl (C=O) groups excluding carboxylic acids is 1. The van der Waals surface area contributed by atoms with Gasteiger partial charge < -0.3 is 10.0 Å². The summed E-state index contributed by atoms with van der Waals surface area (Å²) in [7, 11) is -3.33. The van der Waals surface area contributed by atoms with Crippen LogP contribution in [0.3, 0.4) is 0 Å². The van der Waals surface area contributed by atoms with Gasteiger partial charge in [0.1, 0.15) is 12.4 Å². The minimum absolute atomic E-state index is 0.174. The molecule has 1 aliphatic rings. The summed E-state index contributed by atoms with van der Waals surface area (Å²) >= 11 is 0. The van der Waals surface area contributed by atoms with Crippen molar-refractivity contribution in [2.24, 2.45) is 0 Å². The van der Waals surface area contributed by atoms with E-state index in [1.165, 1.54) is 22.5 Å². The molecule has 0 aromatic heterocycles. The Kier molecular flexibility index (Phi) is 5.79. The maximum absolute atomic E-state index is 14.0. The summed E-state index contributed by atoms with van der Waals surface area (Å²) in [5.74, 6) is -2.60. The number of piperidine rings is 1. The normalized spacial score (nSPS) is 16.6. The van der Waals surface area contributed by atoms with Gasteiger partial charge in [-0.05, 0) is 31.9 Å². The molecular formula is C16H21FN2O5S. The van der Waals surface area contributed by atoms with Crippen molar-refractivity contribution in [3.8, 4) is 0 Å². The summed E-state index contributed by atoms with van der Waals surface area (Å²) in [6, 6.07) is 3.63. The van der Waals surface area contributed by atoms with Crippen molar-refractivity contribution in [3.63, 3.8) is 0 Å². The molecule has 0 spiro atoms. The Morgan fingerprint density at radius 2 is 1.92 bits per heavy atom. The molecule has 1 amide bonds. The van der Waals surface area contributed by atoms with Crippen LogP contribution in [0.25, 0.3) is 0 Å². The number of rotatable bonds is 5. The first-order chi connectivity index (χ1) is 11.6. The summed E-state index contributed by atoms with van der Waals surface area (Å²) in [5, 5.41) is 9.12. The second kappa shape index (κ2) is 7.49. The number of amides is 1. The van der Waals surface area contributed by atoms with Gasteiger partial charge in [0.25, 0.3) is 5.91 Å². The number of sulfonamides is 1. The standard InChI is InChI=1S/C16H21FN2O5S/c1-11-3-4-14(17)13(9-11)16(22)19(10-15(20)21)12-5-7-18(8-6-12)25(2,23)24/h3-4,9,12H,5-8,10H2,1-2H3,(H,20,21). The van der Waals surface area contributed by atoms with Crippen molar-refractivity contribution >= 4 is 21.9 Å². The van der Waals surface area contributed by atoms with E-state index in [1.807, 2.05) is 0 Å². The first-order valence-corrected chi connectivity index (χ1v) is 9.68. The zero-order chi connectivity index (χ0) is 18.8. The number of carboxylic acids is 1. The van der Waals surface area contributed by atoms with E-state index in [9.17, 15) is 22.4 Å². The van der Waals surface area contributed by atoms with Gasteiger partial charge in [0, 0.05) is 19.1 Å². The lowest BCUT2D eigenvalue weighted by molar-refractivity contribution is -0.138. The molecule has 1 heterocycles. The predicted octanol–water partition coefficient (Wildman–Crippen LogP) is 1.08. The van der Waals surface area contributed by atoms with Crippen LogP contribution in [0.4, 0.5) is 4.39 Å². The highest BCUT2D eigenvalue weighted by Gasteiger charge is 2.33. The summed E-state index contributed by atoms with van der Waals surface area (Å²) in [6.07, 6.45) is 1.72. The molecule has 1 aromatic carbocycles. The van der Waals surface area contributed by atoms with Crippen molar-refractivity contribution in [2.75, 3.05) is 25.9 Å². The second-order valence-electron chi connectivity index (χ2n) is 6.20. The number of hydrogen-bond acceptors (Lipinski definition) is 4. The minimum atomic E-state index is -3.33. The van der Waals surface area contributed by atoms with Crippen LogP contribution < -0.4 is 0 Å². The summed E-state index contributed by atoms with van der Waals surface area (Å²) < 4.78 is 38.5. The Bertz CT molecular complexity index is 773. The van der Waals surface area contributed by atoms with Gasteiger partial charge in [0.15, 0.2) is 0 Å². The van der Waals surface area contributed by atoms with Crippen molar-refractivity contribution in [3.05, 3.63) is 35.1 Å². The fourth-order valence-electron chi connectivity index (χ4n) is 2.96. The number of carbonyl (C=O) groups is 2. The zero-order valence-electron chi connectivity index (χ0n) is 14.1. The molecule has 1 fully saturated rings. The number of nitrogens with zero attached hydrogens (tertiary/aromatic N) is 2. The van der Waals surface area contributed by atoms with Gasteiger partial charge in [0.05, 0.1) is 11.8 Å². The first kappa shape index (κ1) is 19.3. The fraction of sp³-hybridized carbons (Fsp3) is 0.500. The van der Waals surface area contributed by atoms with Crippen molar-refractivity contribution in [1.82, 2.24) is 9.21 Å². The minimum Gasteiger partial charge on any atom is -0.480 e. The summed E-state index contributed by atoms with van der Waals surface area (Å²) in [5.41, 5.74) is 0.513. The number of halogens is 1. The van der Waals surface area contributed by atoms with Crippen LogP contribution in [-0.4, -0.2) is 66.5 Å². The third kappa shape index (κ3) is 4.76. The van der Waals surface area contributed by atoms with Gasteiger partial charge in [-0.3, -0.25) is 9.59 Å². The van der Waals surface area contributed by atoms with Crippen LogP contribution in [0.2, 0.25) is 0 Å². The maximum atomic E-state index is 14.0. The Balaban J connectivity index is 2.23. The lowest BCUT2D eigenvalue weighted by Gasteiger charge is -2.37. The van der Waals surface area contributed by atoms with E-state index in [1.54, 1.807) is 6.92 Å². The molecule has 25 heavy (non-hydrogen) atoms. The summed E-state index contributed by atoms with van der Waals surface area (Å²) in [6.45, 7) is 1.55. The van der Waals surface area contributed by atoms with Crippen molar-refractivity contribution in [1.29, 1.82) is 0 Å². The highest BCUT2D eigenvalue weighted by atomic mass is 32.2. The quantitative estimate of drug-likeness (QED) is 0.835. The molecule has 0 unspecified atom stereocenters. The van der Waals surface area contributed by atoms with Crippen LogP contribution in [0.15, 0.2) is 18.2 Å². The lowest BCUT2D eigenvalue weighted by atomic mass is 10.0. The van der Waals surface area contributed by atoms with Crippen LogP contribution in [0.5, 0.6) is 0 Å². The number of carboxylic acid groups (broad SMARTS) is 1. The van der Waals surface area contributed by atoms with Gasteiger partial charge in [-0.1, -0.05) is 11.6 Å². The number of aliphatic carboxylic acids is 1. The molecule has 1 aliphatic heterocycles. The van der Waals surface area contributed by atoms with Crippen molar-refractivity contribution < 1.29 is 27.5 Å². The molecular weight excluding hydrogens is 351 g/mol. The van der Waals surface area contributed by atoms with E-state index in [-0.39, 0.29) is 18.7 Å². The van der Waals surface area contributed by atoms with Crippen molar-refractivity contribution in [2.45, 2.75) is 25.8 Å². The highest BCUT2D eigenvalue weighted by Crippen LogP contribution is 2.22. The van der Waals surface area contributed by atoms with E-state index in [4.69, 9.17) is 5.11 Å². The molecule has 9 heteroatoms. The molecule has 138 valence electrons. The lowest BCUT2D eigenvalue weighted by Crippen LogP contribution is -2.50. The molecule has 0 bridgehead atoms. The highest BCUT2D eigenvalue weighted by molar-refractivity contribution is 7.88. The Morgan fingerprint density at radius 1 is 1.32 bits per heavy atom. The van der Waals surface area contributed by atoms with E-state index >= 15 is 0 Å². The van der Waals surface area contributed by atoms with E-state index < -0.39 is 40.3 Å². The van der Waals surface area contributed by atoms with Crippen LogP contribution in [-0.2, 0) is 14.8 Å². The monoisotopic (exact) mass is 372 g/mol. The second-order valence-corrected chi connectivity index (χ2v) is 8.19. The molecule has 0 atom stereocenters. The Morgan fingerprint density at radius 3 is 2.44 bits per heavy atom. The Labute approximate surface area is 146 Å². The van der Waals surface area contributed by atoms with Gasteiger partial charge in [-0.2, -0.15) is 0 Å². The fourth-order valence-corrected chi connectivity index (χ4v) is 3.83. The molecule has 0 saturated carbocycles. The number of hydrogen-bond donors (Lipinski definition) is 1. The topological polar surface area (TPSA) is 95.0 Å². The number of benzene rings is 1. The smallest absolute Gasteiger partial charge is 0.323 e. The van der Waals surface area contributed by atoms with Gasteiger partial charge in [0.2, 0.25) is 10.0 Å². The summed E-state index contributed by atoms with van der Waals surface area (Å²) in [4.78, 5) is 25.0. The van der Waals surface area contributed by atoms with E-state index in [0.717, 1.165) is 11.2 Å². The molecule has 7 nitrogen and oxygen atoms in total. The molecule has 2 rings (SSSR count). The average molecular weight is 372 g/mol. The van der Waals surface area contributed by atoms with Gasteiger partial charge in [-0.25, -0.2) is 17.1 Å². The molecule has 0 aliphatic carbocycles. The molecule has 1 saturated heterocycles. The third-order valence-electron chi connectivity index (χ3n) is 4.25. The third-order valence-corrected chi connectivity index (χ3v) is 5.56. The SMILES string of the molecule is Cc1ccc(F)c(C(=O)N(CC(=O)O)C2CCN(S(C)(=O)=O)CC2)c1. The number of aryl methyl sites for hydroxylation is 1. The maximum Gasteiger partial charge on any atom is 0.323 e. The molecule has 1 aromatic rings. The Hall–Kier alpha value is -2.00. The van der Waals surface area contributed by atoms with Crippen LogP contribution in [0.1, 0.15) is 28.8 Å². The van der Waals surface area contributed by atoms with E-state index in [0.29, 0.717) is 18.4 Å². The first-order valence-electron chi connectivity index (χ1n) is 7.83. The van der Waals surface area contributed by atoms with Crippen LogP contribution in [0, 0.1) is 12.7 Å². The average Bonchev–Trinajstić information content (AvgIpc) is 2.53. The van der Waals surface area contributed by atoms with Crippen LogP contribution >= 0.6 is 0 Å². The largest absolute Gasteiger partial charge is 0.480 e. The molecule has 1 N–H and O–H groups in total. The van der Waals surface area contributed by atoms with E-state index in [2.05, 4.69) is 0 Å². The predicted molar refractivity (Wildman–Crippen MR) is 89.2 cm³/mol. The zero-order valence-corrected chi connectivity index (χ0v) is 14.9. The van der Waals surface area contributed by atoms with Gasteiger partial charge >= 0.3 is 5.97 Å². The van der Waals surface area contributed by atoms with Gasteiger partial charge in [-0.15, -0.1) is 0 Å². The molecule has 0 radical (unpaired) electrons.